The highest BCUT2D eigenvalue weighted by Gasteiger charge is 2.28. The number of unbranched alkanes of at least 4 members (excludes halogenated alkanes) is 2. The van der Waals surface area contributed by atoms with Crippen LogP contribution in [0.4, 0.5) is 0 Å². The first kappa shape index (κ1) is 22.2. The van der Waals surface area contributed by atoms with Gasteiger partial charge in [0, 0.05) is 16.7 Å². The van der Waals surface area contributed by atoms with Gasteiger partial charge in [-0.3, -0.25) is 0 Å². The van der Waals surface area contributed by atoms with Crippen LogP contribution in [0, 0.1) is 0 Å². The minimum Gasteiger partial charge on any atom is -1.00 e. The maximum atomic E-state index is 2.29. The second-order valence-corrected chi connectivity index (χ2v) is 7.70. The Morgan fingerprint density at radius 3 is 1.21 bits per heavy atom. The first-order valence-electron chi connectivity index (χ1n) is 10.3. The van der Waals surface area contributed by atoms with Gasteiger partial charge in [0.25, 0.3) is 0 Å². The molecule has 3 aromatic rings. The largest absolute Gasteiger partial charge is 1.00 e. The molecule has 0 unspecified atom stereocenters. The van der Waals surface area contributed by atoms with Crippen LogP contribution in [0.15, 0.2) is 91.0 Å². The van der Waals surface area contributed by atoms with Gasteiger partial charge in [-0.05, 0) is 12.8 Å². The number of hydrogen-bond acceptors (Lipinski definition) is 0. The van der Waals surface area contributed by atoms with Crippen molar-refractivity contribution in [3.63, 3.8) is 0 Å². The number of hydrogen-bond donors (Lipinski definition) is 0. The molecule has 28 heavy (non-hydrogen) atoms. The molecule has 148 valence electrons. The van der Waals surface area contributed by atoms with Crippen LogP contribution in [0.2, 0.25) is 0 Å². The summed E-state index contributed by atoms with van der Waals surface area (Å²) in [4.78, 5) is 0. The number of halogens is 1. The van der Waals surface area contributed by atoms with Crippen molar-refractivity contribution < 1.29 is 16.9 Å². The van der Waals surface area contributed by atoms with E-state index in [1.165, 1.54) is 42.5 Å². The summed E-state index contributed by atoms with van der Waals surface area (Å²) in [5.74, 6) is 0. The van der Waals surface area contributed by atoms with Crippen molar-refractivity contribution >= 4 is 0 Å². The molecule has 0 radical (unpaired) electrons. The Morgan fingerprint density at radius 2 is 0.893 bits per heavy atom. The minimum absolute atomic E-state index is 0. The zero-order valence-corrected chi connectivity index (χ0v) is 17.7. The van der Waals surface area contributed by atoms with Gasteiger partial charge >= 0.3 is 0 Å². The zero-order chi connectivity index (χ0) is 18.8. The second-order valence-electron chi connectivity index (χ2n) is 7.70. The average molecular weight is 394 g/mol. The molecule has 0 heterocycles. The molecule has 0 aliphatic heterocycles. The van der Waals surface area contributed by atoms with E-state index in [2.05, 4.69) is 97.9 Å². The fourth-order valence-electron chi connectivity index (χ4n) is 4.01. The van der Waals surface area contributed by atoms with Crippen molar-refractivity contribution in [2.24, 2.45) is 0 Å². The summed E-state index contributed by atoms with van der Waals surface area (Å²) >= 11 is 0. The Bertz CT molecular complexity index is 670. The topological polar surface area (TPSA) is 0 Å². The van der Waals surface area contributed by atoms with E-state index >= 15 is 0 Å². The summed E-state index contributed by atoms with van der Waals surface area (Å²) in [6.45, 7) is 6.74. The van der Waals surface area contributed by atoms with Crippen molar-refractivity contribution in [1.29, 1.82) is 0 Å². The third-order valence-electron chi connectivity index (χ3n) is 5.32. The Hall–Kier alpha value is -2.09. The third kappa shape index (κ3) is 6.82. The number of quaternary nitrogens is 1. The predicted molar refractivity (Wildman–Crippen MR) is 115 cm³/mol. The minimum atomic E-state index is 0. The van der Waals surface area contributed by atoms with Crippen LogP contribution in [-0.4, -0.2) is 11.0 Å². The second kappa shape index (κ2) is 11.7. The molecular formula is C26H32ClN. The highest BCUT2D eigenvalue weighted by molar-refractivity contribution is 5.17. The number of rotatable bonds is 10. The summed E-state index contributed by atoms with van der Waals surface area (Å²) in [5.41, 5.74) is 4.29. The lowest BCUT2D eigenvalue weighted by atomic mass is 10.1. The molecule has 1 nitrogen and oxygen atoms in total. The van der Waals surface area contributed by atoms with E-state index in [1.54, 1.807) is 0 Å². The van der Waals surface area contributed by atoms with Crippen LogP contribution >= 0.6 is 0 Å². The van der Waals surface area contributed by atoms with Crippen LogP contribution in [-0.2, 0) is 19.6 Å². The highest BCUT2D eigenvalue weighted by Crippen LogP contribution is 2.25. The van der Waals surface area contributed by atoms with Gasteiger partial charge in [0.2, 0.25) is 0 Å². The smallest absolute Gasteiger partial charge is 0.105 e. The molecule has 0 amide bonds. The van der Waals surface area contributed by atoms with Gasteiger partial charge < -0.3 is 16.9 Å². The average Bonchev–Trinajstić information content (AvgIpc) is 2.70. The van der Waals surface area contributed by atoms with E-state index in [9.17, 15) is 0 Å². The Kier molecular flexibility index (Phi) is 9.27. The monoisotopic (exact) mass is 393 g/mol. The molecule has 0 aliphatic rings. The molecule has 3 rings (SSSR count). The maximum Gasteiger partial charge on any atom is 0.105 e. The van der Waals surface area contributed by atoms with E-state index in [-0.39, 0.29) is 12.4 Å². The molecule has 0 aliphatic carbocycles. The maximum absolute atomic E-state index is 2.29. The molecule has 0 fully saturated rings. The van der Waals surface area contributed by atoms with Gasteiger partial charge in [0.15, 0.2) is 0 Å². The van der Waals surface area contributed by atoms with Gasteiger partial charge in [-0.15, -0.1) is 0 Å². The van der Waals surface area contributed by atoms with Crippen LogP contribution in [0.25, 0.3) is 0 Å². The van der Waals surface area contributed by atoms with Gasteiger partial charge in [0.05, 0.1) is 6.54 Å². The fraction of sp³-hybridized carbons (Fsp3) is 0.308. The van der Waals surface area contributed by atoms with Crippen molar-refractivity contribution in [3.05, 3.63) is 108 Å². The van der Waals surface area contributed by atoms with E-state index in [1.807, 2.05) is 0 Å². The first-order chi connectivity index (χ1) is 13.3. The first-order valence-corrected chi connectivity index (χ1v) is 10.3. The van der Waals surface area contributed by atoms with Crippen LogP contribution in [0.5, 0.6) is 0 Å². The van der Waals surface area contributed by atoms with Gasteiger partial charge in [-0.1, -0.05) is 104 Å². The third-order valence-corrected chi connectivity index (χ3v) is 5.32. The van der Waals surface area contributed by atoms with Crippen LogP contribution in [0.3, 0.4) is 0 Å². The molecule has 0 N–H and O–H groups in total. The zero-order valence-electron chi connectivity index (χ0n) is 16.9. The summed E-state index contributed by atoms with van der Waals surface area (Å²) < 4.78 is 1.08. The van der Waals surface area contributed by atoms with Gasteiger partial charge in [0.1, 0.15) is 19.6 Å². The fourth-order valence-corrected chi connectivity index (χ4v) is 4.01. The number of nitrogens with zero attached hydrogens (tertiary/aromatic N) is 1. The molecular weight excluding hydrogens is 362 g/mol. The lowest BCUT2D eigenvalue weighted by molar-refractivity contribution is -0.966. The van der Waals surface area contributed by atoms with Crippen molar-refractivity contribution in [2.75, 3.05) is 6.54 Å². The summed E-state index contributed by atoms with van der Waals surface area (Å²) in [7, 11) is 0. The molecule has 0 saturated carbocycles. The summed E-state index contributed by atoms with van der Waals surface area (Å²) in [5, 5.41) is 0. The van der Waals surface area contributed by atoms with Crippen molar-refractivity contribution in [3.8, 4) is 0 Å². The predicted octanol–water partition coefficient (Wildman–Crippen LogP) is 3.60. The van der Waals surface area contributed by atoms with E-state index in [4.69, 9.17) is 0 Å². The van der Waals surface area contributed by atoms with Gasteiger partial charge in [-0.25, -0.2) is 0 Å². The van der Waals surface area contributed by atoms with E-state index < -0.39 is 0 Å². The summed E-state index contributed by atoms with van der Waals surface area (Å²) in [6, 6.07) is 33.0. The number of benzene rings is 3. The molecule has 0 saturated heterocycles. The molecule has 0 aromatic heterocycles. The van der Waals surface area contributed by atoms with Crippen molar-refractivity contribution in [1.82, 2.24) is 0 Å². The molecule has 2 heteroatoms. The lowest BCUT2D eigenvalue weighted by Gasteiger charge is -2.39. The molecule has 0 bridgehead atoms. The van der Waals surface area contributed by atoms with Crippen molar-refractivity contribution in [2.45, 2.75) is 45.8 Å². The lowest BCUT2D eigenvalue weighted by Crippen LogP contribution is -3.00. The Morgan fingerprint density at radius 1 is 0.536 bits per heavy atom. The molecule has 0 spiro atoms. The van der Waals surface area contributed by atoms with E-state index in [0.29, 0.717) is 0 Å². The normalized spacial score (nSPS) is 11.0. The standard InChI is InChI=1S/C26H32N.ClH/c1-2-3-13-20-27(21-24-14-7-4-8-15-24,22-25-16-9-5-10-17-25)23-26-18-11-6-12-19-26;/h4-12,14-19H,2-3,13,20-23H2,1H3;1H/q+1;/p-1. The molecule has 0 atom stereocenters. The van der Waals surface area contributed by atoms with Crippen LogP contribution < -0.4 is 12.4 Å². The Balaban J connectivity index is 0.00000280. The van der Waals surface area contributed by atoms with Crippen LogP contribution in [0.1, 0.15) is 42.9 Å². The SMILES string of the molecule is CCCCC[N+](Cc1ccccc1)(Cc1ccccc1)Cc1ccccc1.[Cl-]. The highest BCUT2D eigenvalue weighted by atomic mass is 35.5. The van der Waals surface area contributed by atoms with Gasteiger partial charge in [-0.2, -0.15) is 0 Å². The summed E-state index contributed by atoms with van der Waals surface area (Å²) in [6.07, 6.45) is 3.85. The Labute approximate surface area is 177 Å². The quantitative estimate of drug-likeness (QED) is 0.364. The molecule has 3 aromatic carbocycles. The van der Waals surface area contributed by atoms with E-state index in [0.717, 1.165) is 24.1 Å².